The van der Waals surface area contributed by atoms with Crippen molar-refractivity contribution in [1.82, 2.24) is 0 Å². The summed E-state index contributed by atoms with van der Waals surface area (Å²) in [6, 6.07) is 16.6. The first-order valence-corrected chi connectivity index (χ1v) is 11.1. The molecule has 1 unspecified atom stereocenters. The summed E-state index contributed by atoms with van der Waals surface area (Å²) in [4.78, 5) is 0. The van der Waals surface area contributed by atoms with Crippen LogP contribution in [0.3, 0.4) is 0 Å². The number of hydrogen-bond donors (Lipinski definition) is 1. The summed E-state index contributed by atoms with van der Waals surface area (Å²) in [5.41, 5.74) is 2.43. The largest absolute Gasteiger partial charge is 0.497 e. The minimum Gasteiger partial charge on any atom is -0.497 e. The first-order valence-electron chi connectivity index (χ1n) is 11.1. The van der Waals surface area contributed by atoms with E-state index in [0.29, 0.717) is 0 Å². The maximum absolute atomic E-state index is 7.00. The van der Waals surface area contributed by atoms with Crippen molar-refractivity contribution in [2.24, 2.45) is 0 Å². The second-order valence-electron chi connectivity index (χ2n) is 6.79. The van der Waals surface area contributed by atoms with Gasteiger partial charge in [-0.3, -0.25) is 0 Å². The Morgan fingerprint density at radius 2 is 1.27 bits per heavy atom. The highest BCUT2D eigenvalue weighted by Crippen LogP contribution is 2.33. The van der Waals surface area contributed by atoms with E-state index in [-0.39, 0.29) is 11.7 Å². The van der Waals surface area contributed by atoms with Crippen LogP contribution in [0.4, 0.5) is 0 Å². The molecule has 1 heterocycles. The zero-order valence-electron chi connectivity index (χ0n) is 20.2. The van der Waals surface area contributed by atoms with Crippen LogP contribution in [-0.2, 0) is 10.2 Å². The zero-order valence-corrected chi connectivity index (χ0v) is 20.2. The van der Waals surface area contributed by atoms with Crippen molar-refractivity contribution < 1.29 is 19.3 Å². The Balaban J connectivity index is 0.00000129. The molecule has 1 saturated heterocycles. The molecule has 0 spiro atoms. The first-order chi connectivity index (χ1) is 14.6. The smallest absolute Gasteiger partial charge is 0.199 e. The molecule has 4 heteroatoms. The number of rotatable bonds is 5. The highest BCUT2D eigenvalue weighted by molar-refractivity contribution is 5.41. The fraction of sp³-hybridized carbons (Fsp3) is 0.538. The van der Waals surface area contributed by atoms with Crippen molar-refractivity contribution in [3.8, 4) is 11.5 Å². The van der Waals surface area contributed by atoms with Crippen LogP contribution in [0.25, 0.3) is 0 Å². The van der Waals surface area contributed by atoms with Gasteiger partial charge in [0, 0.05) is 18.9 Å². The minimum atomic E-state index is -0.0980. The molecular weight excluding hydrogens is 376 g/mol. The predicted octanol–water partition coefficient (Wildman–Crippen LogP) is 6.59. The van der Waals surface area contributed by atoms with Crippen molar-refractivity contribution in [1.29, 1.82) is 0 Å². The highest BCUT2D eigenvalue weighted by atomic mass is 16.7. The maximum Gasteiger partial charge on any atom is 0.199 e. The molecule has 0 saturated carbocycles. The SMILES string of the molecule is CC.CC.CO.COc1ccc(C(C)(C)c2ccc(OC3CCCCO3)cc2)cc1. The van der Waals surface area contributed by atoms with Crippen molar-refractivity contribution in [2.75, 3.05) is 20.8 Å². The fourth-order valence-electron chi connectivity index (χ4n) is 3.08. The van der Waals surface area contributed by atoms with E-state index in [9.17, 15) is 0 Å². The topological polar surface area (TPSA) is 47.9 Å². The van der Waals surface area contributed by atoms with Crippen molar-refractivity contribution >= 4 is 0 Å². The molecular formula is C26H42O4. The molecule has 0 bridgehead atoms. The van der Waals surface area contributed by atoms with Crippen molar-refractivity contribution in [3.05, 3.63) is 59.7 Å². The molecule has 0 radical (unpaired) electrons. The van der Waals surface area contributed by atoms with Gasteiger partial charge < -0.3 is 19.3 Å². The summed E-state index contributed by atoms with van der Waals surface area (Å²) in [6.45, 7) is 13.3. The second-order valence-corrected chi connectivity index (χ2v) is 6.79. The number of ether oxygens (including phenoxy) is 3. The lowest BCUT2D eigenvalue weighted by atomic mass is 9.78. The molecule has 1 atom stereocenters. The van der Waals surface area contributed by atoms with Crippen molar-refractivity contribution in [3.63, 3.8) is 0 Å². The van der Waals surface area contributed by atoms with Gasteiger partial charge in [0.1, 0.15) is 11.5 Å². The van der Waals surface area contributed by atoms with Gasteiger partial charge in [0.15, 0.2) is 6.29 Å². The van der Waals surface area contributed by atoms with Gasteiger partial charge in [0.2, 0.25) is 0 Å². The third-order valence-corrected chi connectivity index (χ3v) is 4.79. The average molecular weight is 419 g/mol. The van der Waals surface area contributed by atoms with Crippen LogP contribution in [0, 0.1) is 0 Å². The van der Waals surface area contributed by atoms with Crippen LogP contribution in [-0.4, -0.2) is 32.2 Å². The Morgan fingerprint density at radius 1 is 0.800 bits per heavy atom. The summed E-state index contributed by atoms with van der Waals surface area (Å²) in [5, 5.41) is 7.00. The molecule has 1 aliphatic rings. The Kier molecular flexibility index (Phi) is 14.7. The van der Waals surface area contributed by atoms with E-state index in [0.717, 1.165) is 38.1 Å². The molecule has 170 valence electrons. The Bertz CT molecular complexity index is 642. The van der Waals surface area contributed by atoms with Gasteiger partial charge in [-0.05, 0) is 48.2 Å². The summed E-state index contributed by atoms with van der Waals surface area (Å²) in [7, 11) is 2.69. The van der Waals surface area contributed by atoms with E-state index >= 15 is 0 Å². The molecule has 1 fully saturated rings. The lowest BCUT2D eigenvalue weighted by Gasteiger charge is -2.27. The first kappa shape index (κ1) is 28.0. The highest BCUT2D eigenvalue weighted by Gasteiger charge is 2.23. The van der Waals surface area contributed by atoms with Crippen LogP contribution in [0.1, 0.15) is 71.9 Å². The van der Waals surface area contributed by atoms with Crippen molar-refractivity contribution in [2.45, 2.75) is 72.5 Å². The Hall–Kier alpha value is -2.04. The molecule has 0 amide bonds. The third-order valence-electron chi connectivity index (χ3n) is 4.79. The molecule has 0 aromatic heterocycles. The molecule has 3 rings (SSSR count). The fourth-order valence-corrected chi connectivity index (χ4v) is 3.08. The maximum atomic E-state index is 7.00. The molecule has 30 heavy (non-hydrogen) atoms. The molecule has 2 aromatic carbocycles. The Morgan fingerprint density at radius 3 is 1.67 bits per heavy atom. The minimum absolute atomic E-state index is 0.0772. The molecule has 4 nitrogen and oxygen atoms in total. The summed E-state index contributed by atoms with van der Waals surface area (Å²) in [6.07, 6.45) is 3.18. The standard InChI is InChI=1S/C21H26O3.2C2H6.CH4O/c1-21(2,16-7-11-18(22-3)12-8-16)17-9-13-19(14-10-17)24-20-6-4-5-15-23-20;3*1-2/h7-14,20H,4-6,15H2,1-3H3;2*1-2H3;2H,1H3. The van der Waals surface area contributed by atoms with E-state index in [1.807, 2.05) is 52.0 Å². The average Bonchev–Trinajstić information content (AvgIpc) is 2.84. The van der Waals surface area contributed by atoms with Crippen LogP contribution >= 0.6 is 0 Å². The summed E-state index contributed by atoms with van der Waals surface area (Å²) in [5.74, 6) is 1.75. The van der Waals surface area contributed by atoms with Gasteiger partial charge in [-0.15, -0.1) is 0 Å². The van der Waals surface area contributed by atoms with Gasteiger partial charge in [-0.25, -0.2) is 0 Å². The quantitative estimate of drug-likeness (QED) is 0.595. The second kappa shape index (κ2) is 15.8. The van der Waals surface area contributed by atoms with E-state index < -0.39 is 0 Å². The lowest BCUT2D eigenvalue weighted by Crippen LogP contribution is -2.25. The third kappa shape index (κ3) is 8.37. The molecule has 0 aliphatic carbocycles. The summed E-state index contributed by atoms with van der Waals surface area (Å²) >= 11 is 0. The van der Waals surface area contributed by atoms with Gasteiger partial charge in [-0.2, -0.15) is 0 Å². The van der Waals surface area contributed by atoms with Crippen LogP contribution in [0.5, 0.6) is 11.5 Å². The van der Waals surface area contributed by atoms with Crippen LogP contribution < -0.4 is 9.47 Å². The van der Waals surface area contributed by atoms with Crippen LogP contribution in [0.15, 0.2) is 48.5 Å². The molecule has 1 aliphatic heterocycles. The van der Waals surface area contributed by atoms with E-state index in [1.54, 1.807) is 7.11 Å². The Labute approximate surface area is 184 Å². The molecule has 2 aromatic rings. The van der Waals surface area contributed by atoms with Gasteiger partial charge in [-0.1, -0.05) is 65.8 Å². The predicted molar refractivity (Wildman–Crippen MR) is 127 cm³/mol. The normalized spacial score (nSPS) is 15.2. The number of aliphatic hydroxyl groups is 1. The van der Waals surface area contributed by atoms with E-state index in [2.05, 4.69) is 38.1 Å². The van der Waals surface area contributed by atoms with Gasteiger partial charge >= 0.3 is 0 Å². The lowest BCUT2D eigenvalue weighted by molar-refractivity contribution is -0.105. The number of hydrogen-bond acceptors (Lipinski definition) is 4. The number of methoxy groups -OCH3 is 1. The number of aliphatic hydroxyl groups excluding tert-OH is 1. The molecule has 1 N–H and O–H groups in total. The van der Waals surface area contributed by atoms with Gasteiger partial charge in [0.05, 0.1) is 13.7 Å². The van der Waals surface area contributed by atoms with E-state index in [4.69, 9.17) is 19.3 Å². The van der Waals surface area contributed by atoms with Crippen LogP contribution in [0.2, 0.25) is 0 Å². The zero-order chi connectivity index (χ0) is 23.0. The van der Waals surface area contributed by atoms with Gasteiger partial charge in [0.25, 0.3) is 0 Å². The number of benzene rings is 2. The summed E-state index contributed by atoms with van der Waals surface area (Å²) < 4.78 is 16.8. The van der Waals surface area contributed by atoms with E-state index in [1.165, 1.54) is 17.5 Å². The monoisotopic (exact) mass is 418 g/mol.